The number of nitrogens with one attached hydrogen (secondary N) is 1. The van der Waals surface area contributed by atoms with Crippen LogP contribution in [0.1, 0.15) is 32.8 Å². The highest BCUT2D eigenvalue weighted by Gasteiger charge is 2.37. The SMILES string of the molecule is CN=C(C=C(N)Oc1ccc2c(ccn2C(=O)Nc2cccc(C(F)(F)F)c2)c1)CN(C1CCN(C(=O)OC(C)(C)C)C1)S(C)(=O)=O. The van der Waals surface area contributed by atoms with Gasteiger partial charge in [0.25, 0.3) is 0 Å². The predicted octanol–water partition coefficient (Wildman–Crippen LogP) is 5.26. The van der Waals surface area contributed by atoms with Crippen LogP contribution in [0.15, 0.2) is 71.7 Å². The van der Waals surface area contributed by atoms with Gasteiger partial charge in [-0.3, -0.25) is 9.56 Å². The lowest BCUT2D eigenvalue weighted by atomic mass is 10.2. The van der Waals surface area contributed by atoms with E-state index in [1.807, 2.05) is 0 Å². The van der Waals surface area contributed by atoms with Crippen LogP contribution >= 0.6 is 0 Å². The van der Waals surface area contributed by atoms with E-state index in [-0.39, 0.29) is 24.7 Å². The summed E-state index contributed by atoms with van der Waals surface area (Å²) >= 11 is 0. The lowest BCUT2D eigenvalue weighted by Gasteiger charge is -2.28. The van der Waals surface area contributed by atoms with E-state index in [2.05, 4.69) is 10.3 Å². The van der Waals surface area contributed by atoms with Gasteiger partial charge in [0.1, 0.15) is 11.4 Å². The molecule has 3 N–H and O–H groups in total. The Balaban J connectivity index is 1.43. The smallest absolute Gasteiger partial charge is 0.416 e. The zero-order valence-corrected chi connectivity index (χ0v) is 27.4. The summed E-state index contributed by atoms with van der Waals surface area (Å²) in [4.78, 5) is 31.0. The molecule has 0 radical (unpaired) electrons. The molecule has 47 heavy (non-hydrogen) atoms. The fourth-order valence-electron chi connectivity index (χ4n) is 4.97. The molecule has 1 aromatic heterocycles. The van der Waals surface area contributed by atoms with E-state index in [0.717, 1.165) is 18.4 Å². The average Bonchev–Trinajstić information content (AvgIpc) is 3.61. The quantitative estimate of drug-likeness (QED) is 0.244. The minimum atomic E-state index is -4.55. The molecule has 4 rings (SSSR count). The molecule has 2 heterocycles. The van der Waals surface area contributed by atoms with Crippen molar-refractivity contribution in [1.29, 1.82) is 0 Å². The minimum absolute atomic E-state index is 0.0133. The maximum atomic E-state index is 13.1. The first kappa shape index (κ1) is 35.3. The molecule has 1 atom stereocenters. The van der Waals surface area contributed by atoms with Crippen LogP contribution in [0.4, 0.5) is 28.4 Å². The van der Waals surface area contributed by atoms with Gasteiger partial charge in [-0.2, -0.15) is 17.5 Å². The Labute approximate surface area is 270 Å². The molecule has 1 saturated heterocycles. The second kappa shape index (κ2) is 13.7. The molecule has 0 spiro atoms. The van der Waals surface area contributed by atoms with Gasteiger partial charge in [-0.05, 0) is 69.7 Å². The number of benzene rings is 2. The Bertz CT molecular complexity index is 1810. The third-order valence-electron chi connectivity index (χ3n) is 7.12. The van der Waals surface area contributed by atoms with Gasteiger partial charge in [-0.25, -0.2) is 18.0 Å². The summed E-state index contributed by atoms with van der Waals surface area (Å²) in [7, 11) is -2.23. The van der Waals surface area contributed by atoms with Crippen molar-refractivity contribution in [3.8, 4) is 5.75 Å². The van der Waals surface area contributed by atoms with Crippen molar-refractivity contribution in [2.75, 3.05) is 38.3 Å². The van der Waals surface area contributed by atoms with Crippen molar-refractivity contribution in [3.05, 3.63) is 72.3 Å². The van der Waals surface area contributed by atoms with Gasteiger partial charge in [0.15, 0.2) is 5.88 Å². The third-order valence-corrected chi connectivity index (χ3v) is 8.40. The van der Waals surface area contributed by atoms with Crippen LogP contribution in [0.5, 0.6) is 5.75 Å². The second-order valence-corrected chi connectivity index (χ2v) is 13.9. The lowest BCUT2D eigenvalue weighted by Crippen LogP contribution is -2.45. The van der Waals surface area contributed by atoms with Crippen LogP contribution in [0.2, 0.25) is 0 Å². The Morgan fingerprint density at radius 1 is 1.15 bits per heavy atom. The van der Waals surface area contributed by atoms with Gasteiger partial charge in [-0.15, -0.1) is 0 Å². The number of anilines is 1. The van der Waals surface area contributed by atoms with Crippen LogP contribution in [0.3, 0.4) is 0 Å². The summed E-state index contributed by atoms with van der Waals surface area (Å²) in [6, 6.07) is 9.53. The number of rotatable bonds is 8. The molecular formula is C31H37F3N6O6S. The molecule has 2 amide bonds. The molecule has 16 heteroatoms. The maximum absolute atomic E-state index is 13.1. The van der Waals surface area contributed by atoms with Crippen molar-refractivity contribution in [3.63, 3.8) is 0 Å². The second-order valence-electron chi connectivity index (χ2n) is 12.0. The van der Waals surface area contributed by atoms with Crippen molar-refractivity contribution in [2.24, 2.45) is 10.7 Å². The Kier molecular flexibility index (Phi) is 10.3. The number of carbonyl (C=O) groups is 2. The Morgan fingerprint density at radius 3 is 2.51 bits per heavy atom. The number of hydrogen-bond acceptors (Lipinski definition) is 8. The van der Waals surface area contributed by atoms with Crippen LogP contribution in [-0.4, -0.2) is 84.6 Å². The topological polar surface area (TPSA) is 149 Å². The number of alkyl halides is 3. The summed E-state index contributed by atoms with van der Waals surface area (Å²) < 4.78 is 78.4. The Hall–Kier alpha value is -4.57. The number of nitrogens with two attached hydrogens (primary N) is 1. The molecule has 1 aliphatic rings. The van der Waals surface area contributed by atoms with E-state index in [4.69, 9.17) is 15.2 Å². The number of aromatic nitrogens is 1. The van der Waals surface area contributed by atoms with Crippen molar-refractivity contribution in [2.45, 2.75) is 45.0 Å². The van der Waals surface area contributed by atoms with Gasteiger partial charge in [-0.1, -0.05) is 6.07 Å². The van der Waals surface area contributed by atoms with E-state index >= 15 is 0 Å². The summed E-state index contributed by atoms with van der Waals surface area (Å²) in [5, 5.41) is 3.05. The molecule has 254 valence electrons. The third kappa shape index (κ3) is 9.25. The van der Waals surface area contributed by atoms with Gasteiger partial charge in [0.05, 0.1) is 29.6 Å². The number of fused-ring (bicyclic) bond motifs is 1. The summed E-state index contributed by atoms with van der Waals surface area (Å²) in [6.45, 7) is 5.64. The first-order chi connectivity index (χ1) is 21.8. The fraction of sp³-hybridized carbons (Fsp3) is 0.387. The van der Waals surface area contributed by atoms with Gasteiger partial charge in [0.2, 0.25) is 10.0 Å². The van der Waals surface area contributed by atoms with Gasteiger partial charge >= 0.3 is 18.3 Å². The summed E-state index contributed by atoms with van der Waals surface area (Å²) in [5.41, 5.74) is 5.32. The summed E-state index contributed by atoms with van der Waals surface area (Å²) in [6.07, 6.45) is -0.704. The minimum Gasteiger partial charge on any atom is -0.444 e. The van der Waals surface area contributed by atoms with Crippen LogP contribution in [0, 0.1) is 0 Å². The molecule has 1 fully saturated rings. The van der Waals surface area contributed by atoms with Crippen molar-refractivity contribution >= 4 is 44.4 Å². The van der Waals surface area contributed by atoms with Gasteiger partial charge < -0.3 is 25.4 Å². The molecular weight excluding hydrogens is 641 g/mol. The predicted molar refractivity (Wildman–Crippen MR) is 172 cm³/mol. The standard InChI is InChI=1S/C31H37F3N6O6S/c1-30(2,3)46-29(42)38-13-12-24(19-38)40(47(5,43)44)18-23(36-4)17-27(35)45-25-9-10-26-20(15-25)11-14-39(26)28(41)37-22-8-6-7-21(16-22)31(32,33)34/h6-11,14-17,24H,12-13,18-19,35H2,1-5H3,(H,37,41). The van der Waals surface area contributed by atoms with Crippen LogP contribution < -0.4 is 15.8 Å². The normalized spacial score (nSPS) is 16.5. The number of hydrogen-bond donors (Lipinski definition) is 2. The zero-order chi connectivity index (χ0) is 34.7. The number of halogens is 3. The monoisotopic (exact) mass is 678 g/mol. The average molecular weight is 679 g/mol. The first-order valence-corrected chi connectivity index (χ1v) is 16.3. The number of nitrogens with zero attached hydrogens (tertiary/aromatic N) is 4. The van der Waals surface area contributed by atoms with Crippen molar-refractivity contribution in [1.82, 2.24) is 13.8 Å². The molecule has 12 nitrogen and oxygen atoms in total. The van der Waals surface area contributed by atoms with E-state index in [1.165, 1.54) is 45.2 Å². The molecule has 0 aliphatic carbocycles. The number of likely N-dealkylation sites (tertiary alicyclic amines) is 1. The maximum Gasteiger partial charge on any atom is 0.416 e. The fourth-order valence-corrected chi connectivity index (χ4v) is 6.06. The first-order valence-electron chi connectivity index (χ1n) is 14.5. The molecule has 3 aromatic rings. The highest BCUT2D eigenvalue weighted by molar-refractivity contribution is 7.88. The number of sulfonamides is 1. The van der Waals surface area contributed by atoms with E-state index < -0.39 is 45.5 Å². The van der Waals surface area contributed by atoms with Crippen LogP contribution in [0.25, 0.3) is 10.9 Å². The number of carbonyl (C=O) groups excluding carboxylic acids is 2. The highest BCUT2D eigenvalue weighted by Crippen LogP contribution is 2.31. The van der Waals surface area contributed by atoms with E-state index in [9.17, 15) is 31.2 Å². The number of ether oxygens (including phenoxy) is 2. The van der Waals surface area contributed by atoms with Crippen molar-refractivity contribution < 1.29 is 40.7 Å². The molecule has 0 bridgehead atoms. The van der Waals surface area contributed by atoms with Gasteiger partial charge in [0, 0.05) is 49.5 Å². The largest absolute Gasteiger partial charge is 0.444 e. The molecule has 2 aromatic carbocycles. The summed E-state index contributed by atoms with van der Waals surface area (Å²) in [5.74, 6) is 0.225. The van der Waals surface area contributed by atoms with Crippen LogP contribution in [-0.2, 0) is 20.9 Å². The van der Waals surface area contributed by atoms with E-state index in [1.54, 1.807) is 45.0 Å². The molecule has 1 unspecified atom stereocenters. The molecule has 1 aliphatic heterocycles. The number of aliphatic imine (C=N–C) groups is 1. The highest BCUT2D eigenvalue weighted by atomic mass is 32.2. The number of amides is 2. The van der Waals surface area contributed by atoms with E-state index in [0.29, 0.717) is 35.3 Å². The Morgan fingerprint density at radius 2 is 1.87 bits per heavy atom. The molecule has 0 saturated carbocycles. The lowest BCUT2D eigenvalue weighted by molar-refractivity contribution is -0.137. The zero-order valence-electron chi connectivity index (χ0n) is 26.5.